The largest absolute Gasteiger partial charge is 0.545 e. The highest BCUT2D eigenvalue weighted by Crippen LogP contribution is 2.21. The van der Waals surface area contributed by atoms with E-state index in [-0.39, 0.29) is 32.2 Å². The zero-order valence-electron chi connectivity index (χ0n) is 63.0. The van der Waals surface area contributed by atoms with Crippen LogP contribution in [0.25, 0.3) is 0 Å². The quantitative estimate of drug-likeness (QED) is 0.0256. The highest BCUT2D eigenvalue weighted by molar-refractivity contribution is 5.70. The van der Waals surface area contributed by atoms with Crippen LogP contribution in [0.4, 0.5) is 0 Å². The Morgan fingerprint density at radius 2 is 0.489 bits per heavy atom. The number of unbranched alkanes of at least 4 members (excludes halogenated alkanes) is 65. The molecule has 0 amide bonds. The van der Waals surface area contributed by atoms with Crippen LogP contribution in [0.15, 0.2) is 0 Å². The monoisotopic (exact) mass is 1300 g/mol. The molecule has 2 atom stereocenters. The zero-order valence-corrected chi connectivity index (χ0v) is 63.0. The molecule has 0 aromatic carbocycles. The first-order chi connectivity index (χ1) is 45.1. The lowest BCUT2D eigenvalue weighted by molar-refractivity contribution is -0.870. The third-order valence-corrected chi connectivity index (χ3v) is 19.6. The van der Waals surface area contributed by atoms with Crippen molar-refractivity contribution in [3.8, 4) is 0 Å². The second kappa shape index (κ2) is 75.1. The molecular weight excluding hydrogens is 1140 g/mol. The van der Waals surface area contributed by atoms with Crippen molar-refractivity contribution in [1.82, 2.24) is 0 Å². The van der Waals surface area contributed by atoms with E-state index in [1.807, 2.05) is 21.1 Å². The lowest BCUT2D eigenvalue weighted by Crippen LogP contribution is -2.44. The van der Waals surface area contributed by atoms with Gasteiger partial charge in [-0.2, -0.15) is 0 Å². The number of rotatable bonds is 80. The van der Waals surface area contributed by atoms with Gasteiger partial charge in [-0.15, -0.1) is 0 Å². The first-order valence-electron chi connectivity index (χ1n) is 41.7. The van der Waals surface area contributed by atoms with Crippen LogP contribution in [-0.2, 0) is 33.3 Å². The molecule has 0 aliphatic carbocycles. The van der Waals surface area contributed by atoms with E-state index in [4.69, 9.17) is 18.9 Å². The molecule has 0 rings (SSSR count). The molecule has 9 heteroatoms. The predicted molar refractivity (Wildman–Crippen MR) is 394 cm³/mol. The summed E-state index contributed by atoms with van der Waals surface area (Å²) in [6.45, 7) is 4.86. The summed E-state index contributed by atoms with van der Waals surface area (Å²) in [7, 11) is 5.96. The van der Waals surface area contributed by atoms with Crippen LogP contribution in [0.2, 0.25) is 0 Å². The molecule has 0 aromatic rings. The molecule has 2 unspecified atom stereocenters. The number of quaternary nitrogens is 1. The maximum Gasteiger partial charge on any atom is 0.306 e. The Morgan fingerprint density at radius 1 is 0.283 bits per heavy atom. The van der Waals surface area contributed by atoms with Gasteiger partial charge in [0.15, 0.2) is 12.4 Å². The van der Waals surface area contributed by atoms with Crippen molar-refractivity contribution in [3.63, 3.8) is 0 Å². The molecule has 0 N–H and O–H groups in total. The average molecular weight is 1300 g/mol. The van der Waals surface area contributed by atoms with Crippen LogP contribution in [-0.4, -0.2) is 82.3 Å². The van der Waals surface area contributed by atoms with Gasteiger partial charge in [0.25, 0.3) is 0 Å². The third kappa shape index (κ3) is 75.7. The summed E-state index contributed by atoms with van der Waals surface area (Å²) in [6, 6.07) is 0. The molecule has 0 radical (unpaired) electrons. The fourth-order valence-corrected chi connectivity index (χ4v) is 13.3. The molecule has 548 valence electrons. The van der Waals surface area contributed by atoms with Crippen LogP contribution >= 0.6 is 0 Å². The molecule has 0 saturated carbocycles. The Bertz CT molecular complexity index is 1470. The van der Waals surface area contributed by atoms with Gasteiger partial charge in [0.1, 0.15) is 13.2 Å². The van der Waals surface area contributed by atoms with Gasteiger partial charge in [0.2, 0.25) is 0 Å². The van der Waals surface area contributed by atoms with E-state index in [0.29, 0.717) is 17.4 Å². The lowest BCUT2D eigenvalue weighted by atomic mass is 10.0. The minimum Gasteiger partial charge on any atom is -0.545 e. The number of carboxylic acid groups (broad SMARTS) is 1. The van der Waals surface area contributed by atoms with Crippen molar-refractivity contribution in [2.24, 2.45) is 0 Å². The molecule has 0 aromatic heterocycles. The first kappa shape index (κ1) is 90.3. The van der Waals surface area contributed by atoms with Crippen molar-refractivity contribution < 1.29 is 42.9 Å². The number of esters is 2. The van der Waals surface area contributed by atoms with E-state index in [0.717, 1.165) is 38.5 Å². The summed E-state index contributed by atoms with van der Waals surface area (Å²) in [5.74, 6) is -2.24. The summed E-state index contributed by atoms with van der Waals surface area (Å²) < 4.78 is 22.9. The molecular formula is C83H163NO8. The van der Waals surface area contributed by atoms with Crippen LogP contribution in [0.3, 0.4) is 0 Å². The number of ether oxygens (including phenoxy) is 4. The molecule has 9 nitrogen and oxygen atoms in total. The average Bonchev–Trinajstić information content (AvgIpc) is 3.70. The molecule has 0 heterocycles. The zero-order chi connectivity index (χ0) is 66.8. The van der Waals surface area contributed by atoms with Gasteiger partial charge >= 0.3 is 11.9 Å². The first-order valence-corrected chi connectivity index (χ1v) is 41.7. The summed E-state index contributed by atoms with van der Waals surface area (Å²) in [5, 5.41) is 11.9. The maximum atomic E-state index is 13.0. The van der Waals surface area contributed by atoms with Gasteiger partial charge in [-0.05, 0) is 12.8 Å². The summed E-state index contributed by atoms with van der Waals surface area (Å²) in [4.78, 5) is 37.6. The molecule has 0 aliphatic heterocycles. The van der Waals surface area contributed by atoms with Gasteiger partial charge in [0, 0.05) is 12.8 Å². The molecule has 0 saturated heterocycles. The van der Waals surface area contributed by atoms with Gasteiger partial charge in [0.05, 0.1) is 40.3 Å². The van der Waals surface area contributed by atoms with E-state index in [1.165, 1.54) is 392 Å². The molecule has 0 fully saturated rings. The summed E-state index contributed by atoms with van der Waals surface area (Å²) in [6.07, 6.45) is 89.7. The highest BCUT2D eigenvalue weighted by Gasteiger charge is 2.22. The van der Waals surface area contributed by atoms with Crippen molar-refractivity contribution in [2.75, 3.05) is 47.5 Å². The number of aliphatic carboxylic acids is 1. The van der Waals surface area contributed by atoms with Gasteiger partial charge in [-0.3, -0.25) is 9.59 Å². The van der Waals surface area contributed by atoms with Gasteiger partial charge in [-0.1, -0.05) is 431 Å². The Morgan fingerprint density at radius 3 is 0.696 bits per heavy atom. The molecule has 0 bridgehead atoms. The Labute approximate surface area is 574 Å². The number of carbonyl (C=O) groups is 3. The van der Waals surface area contributed by atoms with Crippen LogP contribution < -0.4 is 5.11 Å². The minimum absolute atomic E-state index is 0.154. The summed E-state index contributed by atoms with van der Waals surface area (Å²) >= 11 is 0. The fourth-order valence-electron chi connectivity index (χ4n) is 13.3. The maximum absolute atomic E-state index is 13.0. The SMILES string of the molecule is CCCCCCCCCCCCCCCCCCCCCCCCCCCCCCCCCCCCCCCCCCCC(=O)OC(COC(=O)CCCCCCCCCCCCCCCCCCCCCCCCCCCC)COC(OCC[N+](C)(C)C)C(=O)[O-]. The van der Waals surface area contributed by atoms with Crippen LogP contribution in [0, 0.1) is 0 Å². The molecule has 0 aliphatic rings. The van der Waals surface area contributed by atoms with E-state index in [1.54, 1.807) is 0 Å². The van der Waals surface area contributed by atoms with E-state index in [2.05, 4.69) is 13.8 Å². The van der Waals surface area contributed by atoms with E-state index < -0.39 is 24.3 Å². The van der Waals surface area contributed by atoms with Crippen LogP contribution in [0.1, 0.15) is 457 Å². The smallest absolute Gasteiger partial charge is 0.306 e. The number of carboxylic acids is 1. The number of carbonyl (C=O) groups excluding carboxylic acids is 3. The highest BCUT2D eigenvalue weighted by atomic mass is 16.7. The van der Waals surface area contributed by atoms with Crippen molar-refractivity contribution in [1.29, 1.82) is 0 Å². The van der Waals surface area contributed by atoms with E-state index >= 15 is 0 Å². The third-order valence-electron chi connectivity index (χ3n) is 19.6. The lowest BCUT2D eigenvalue weighted by Gasteiger charge is -2.26. The second-order valence-electron chi connectivity index (χ2n) is 30.1. The number of likely N-dealkylation sites (N-methyl/N-ethyl adjacent to an activating group) is 1. The number of hydrogen-bond acceptors (Lipinski definition) is 8. The van der Waals surface area contributed by atoms with Gasteiger partial charge < -0.3 is 33.3 Å². The molecule has 0 spiro atoms. The minimum atomic E-state index is -1.62. The Balaban J connectivity index is 3.89. The van der Waals surface area contributed by atoms with Crippen molar-refractivity contribution in [3.05, 3.63) is 0 Å². The van der Waals surface area contributed by atoms with Crippen LogP contribution in [0.5, 0.6) is 0 Å². The summed E-state index contributed by atoms with van der Waals surface area (Å²) in [5.41, 5.74) is 0. The molecule has 92 heavy (non-hydrogen) atoms. The Kier molecular flexibility index (Phi) is 73.7. The topological polar surface area (TPSA) is 111 Å². The van der Waals surface area contributed by atoms with Crippen molar-refractivity contribution >= 4 is 17.9 Å². The van der Waals surface area contributed by atoms with Gasteiger partial charge in [-0.25, -0.2) is 0 Å². The number of hydrogen-bond donors (Lipinski definition) is 0. The normalized spacial score (nSPS) is 12.5. The Hall–Kier alpha value is -1.71. The van der Waals surface area contributed by atoms with E-state index in [9.17, 15) is 19.5 Å². The predicted octanol–water partition coefficient (Wildman–Crippen LogP) is 25.2. The second-order valence-corrected chi connectivity index (χ2v) is 30.1. The van der Waals surface area contributed by atoms with Crippen molar-refractivity contribution in [2.45, 2.75) is 469 Å². The number of nitrogens with zero attached hydrogens (tertiary/aromatic N) is 1. The standard InChI is InChI=1S/C83H163NO8/c1-6-8-10-12-14-16-18-20-22-24-26-28-30-32-34-35-36-37-38-39-40-41-42-43-44-45-46-47-48-50-52-54-56-58-60-62-64-66-68-70-72-74-81(86)92-79(78-91-83(82(87)88)89-76-75-84(3,4)5)77-90-80(85)73-71-69-67-65-63-61-59-57-55-53-51-49-33-31-29-27-25-23-21-19-17-15-13-11-9-7-2/h79,83H,6-78H2,1-5H3. The fraction of sp³-hybridized carbons (Fsp3) is 0.964.